The lowest BCUT2D eigenvalue weighted by Gasteiger charge is -2.33. The zero-order valence-corrected chi connectivity index (χ0v) is 13.3. The third-order valence-electron chi connectivity index (χ3n) is 4.76. The second-order valence-electron chi connectivity index (χ2n) is 6.18. The van der Waals surface area contributed by atoms with E-state index in [4.69, 9.17) is 0 Å². The second-order valence-corrected chi connectivity index (χ2v) is 7.55. The smallest absolute Gasteiger partial charge is 0.228 e. The molecule has 2 saturated heterocycles. The highest BCUT2D eigenvalue weighted by Crippen LogP contribution is 2.29. The summed E-state index contributed by atoms with van der Waals surface area (Å²) in [5.74, 6) is 0.328. The van der Waals surface area contributed by atoms with Crippen molar-refractivity contribution in [3.8, 4) is 0 Å². The number of thiophene rings is 1. The van der Waals surface area contributed by atoms with E-state index >= 15 is 0 Å². The molecule has 3 heterocycles. The third kappa shape index (κ3) is 2.77. The molecule has 2 aliphatic rings. The van der Waals surface area contributed by atoms with Crippen LogP contribution >= 0.6 is 11.3 Å². The minimum absolute atomic E-state index is 0.328. The Morgan fingerprint density at radius 3 is 2.65 bits per heavy atom. The van der Waals surface area contributed by atoms with Gasteiger partial charge in [-0.15, -0.1) is 11.3 Å². The summed E-state index contributed by atoms with van der Waals surface area (Å²) in [5, 5.41) is 0. The van der Waals surface area contributed by atoms with Gasteiger partial charge in [0.2, 0.25) is 5.91 Å². The van der Waals surface area contributed by atoms with Crippen LogP contribution in [0.5, 0.6) is 0 Å². The van der Waals surface area contributed by atoms with Crippen molar-refractivity contribution < 1.29 is 4.79 Å². The number of aryl methyl sites for hydroxylation is 1. The lowest BCUT2D eigenvalue weighted by molar-refractivity contribution is -0.132. The highest BCUT2D eigenvalue weighted by atomic mass is 32.1. The first kappa shape index (κ1) is 14.1. The summed E-state index contributed by atoms with van der Waals surface area (Å²) in [6.07, 6.45) is 5.48. The SMILES string of the molecule is Cc1ccc(CC(=O)N2CCC[C@@H]2[C@H]2CCCN2C)s1. The first-order chi connectivity index (χ1) is 9.65. The average Bonchev–Trinajstić information content (AvgIpc) is 3.10. The molecule has 20 heavy (non-hydrogen) atoms. The van der Waals surface area contributed by atoms with E-state index in [1.807, 2.05) is 0 Å². The summed E-state index contributed by atoms with van der Waals surface area (Å²) >= 11 is 1.75. The van der Waals surface area contributed by atoms with Crippen molar-refractivity contribution in [3.05, 3.63) is 21.9 Å². The van der Waals surface area contributed by atoms with Crippen LogP contribution in [0.2, 0.25) is 0 Å². The van der Waals surface area contributed by atoms with E-state index < -0.39 is 0 Å². The fourth-order valence-electron chi connectivity index (χ4n) is 3.76. The van der Waals surface area contributed by atoms with E-state index in [0.717, 1.165) is 6.54 Å². The molecule has 0 saturated carbocycles. The van der Waals surface area contributed by atoms with Crippen molar-refractivity contribution in [1.82, 2.24) is 9.80 Å². The Morgan fingerprint density at radius 1 is 1.25 bits per heavy atom. The number of hydrogen-bond donors (Lipinski definition) is 0. The molecule has 4 heteroatoms. The summed E-state index contributed by atoms with van der Waals surface area (Å²) in [4.78, 5) is 19.7. The predicted molar refractivity (Wildman–Crippen MR) is 83.1 cm³/mol. The van der Waals surface area contributed by atoms with E-state index in [2.05, 4.69) is 35.9 Å². The minimum atomic E-state index is 0.328. The first-order valence-corrected chi connectivity index (χ1v) is 8.52. The largest absolute Gasteiger partial charge is 0.338 e. The Bertz CT molecular complexity index is 485. The van der Waals surface area contributed by atoms with E-state index in [1.165, 1.54) is 42.0 Å². The quantitative estimate of drug-likeness (QED) is 0.855. The number of rotatable bonds is 3. The fraction of sp³-hybridized carbons (Fsp3) is 0.688. The van der Waals surface area contributed by atoms with Gasteiger partial charge in [0, 0.05) is 28.4 Å². The summed E-state index contributed by atoms with van der Waals surface area (Å²) < 4.78 is 0. The van der Waals surface area contributed by atoms with Gasteiger partial charge in [-0.05, 0) is 58.3 Å². The van der Waals surface area contributed by atoms with Crippen LogP contribution in [-0.4, -0.2) is 47.9 Å². The second kappa shape index (κ2) is 5.86. The van der Waals surface area contributed by atoms with Crippen molar-refractivity contribution in [2.45, 2.75) is 51.1 Å². The third-order valence-corrected chi connectivity index (χ3v) is 5.76. The molecule has 0 N–H and O–H groups in total. The zero-order chi connectivity index (χ0) is 14.1. The molecule has 0 unspecified atom stereocenters. The van der Waals surface area contributed by atoms with Gasteiger partial charge in [-0.25, -0.2) is 0 Å². The summed E-state index contributed by atoms with van der Waals surface area (Å²) in [6, 6.07) is 5.26. The van der Waals surface area contributed by atoms with Gasteiger partial charge in [0.15, 0.2) is 0 Å². The standard InChI is InChI=1S/C16H24N2OS/c1-12-7-8-13(20-12)11-16(19)18-10-4-6-15(18)14-5-3-9-17(14)2/h7-8,14-15H,3-6,9-11H2,1-2H3/t14-,15-/m1/s1. The number of carbonyl (C=O) groups is 1. The van der Waals surface area contributed by atoms with Gasteiger partial charge in [-0.2, -0.15) is 0 Å². The molecule has 0 aromatic carbocycles. The Labute approximate surface area is 125 Å². The lowest BCUT2D eigenvalue weighted by atomic mass is 10.0. The number of likely N-dealkylation sites (tertiary alicyclic amines) is 2. The highest BCUT2D eigenvalue weighted by molar-refractivity contribution is 7.12. The molecule has 1 amide bonds. The molecule has 0 radical (unpaired) electrons. The van der Waals surface area contributed by atoms with Crippen molar-refractivity contribution in [1.29, 1.82) is 0 Å². The topological polar surface area (TPSA) is 23.6 Å². The molecule has 2 fully saturated rings. The molecule has 1 aromatic heterocycles. The molecule has 2 aliphatic heterocycles. The first-order valence-electron chi connectivity index (χ1n) is 7.70. The Balaban J connectivity index is 1.67. The van der Waals surface area contributed by atoms with Gasteiger partial charge >= 0.3 is 0 Å². The maximum absolute atomic E-state index is 12.6. The van der Waals surface area contributed by atoms with Crippen LogP contribution in [-0.2, 0) is 11.2 Å². The highest BCUT2D eigenvalue weighted by Gasteiger charge is 2.38. The maximum atomic E-state index is 12.6. The number of carbonyl (C=O) groups excluding carboxylic acids is 1. The van der Waals surface area contributed by atoms with E-state index in [0.29, 0.717) is 24.4 Å². The van der Waals surface area contributed by atoms with Crippen molar-refractivity contribution >= 4 is 17.2 Å². The molecule has 1 aromatic rings. The lowest BCUT2D eigenvalue weighted by Crippen LogP contribution is -2.47. The van der Waals surface area contributed by atoms with Crippen LogP contribution in [0, 0.1) is 6.92 Å². The van der Waals surface area contributed by atoms with Gasteiger partial charge < -0.3 is 9.80 Å². The van der Waals surface area contributed by atoms with Gasteiger partial charge in [0.1, 0.15) is 0 Å². The van der Waals surface area contributed by atoms with Crippen molar-refractivity contribution in [3.63, 3.8) is 0 Å². The maximum Gasteiger partial charge on any atom is 0.228 e. The van der Waals surface area contributed by atoms with Gasteiger partial charge in [0.05, 0.1) is 6.42 Å². The Kier molecular flexibility index (Phi) is 4.13. The monoisotopic (exact) mass is 292 g/mol. The molecule has 3 nitrogen and oxygen atoms in total. The molecule has 3 rings (SSSR count). The number of amides is 1. The average molecular weight is 292 g/mol. The van der Waals surface area contributed by atoms with Crippen LogP contribution in [0.4, 0.5) is 0 Å². The summed E-state index contributed by atoms with van der Waals surface area (Å²) in [7, 11) is 2.21. The summed E-state index contributed by atoms with van der Waals surface area (Å²) in [6.45, 7) is 4.25. The van der Waals surface area contributed by atoms with Crippen LogP contribution in [0.1, 0.15) is 35.4 Å². The van der Waals surface area contributed by atoms with E-state index in [-0.39, 0.29) is 0 Å². The van der Waals surface area contributed by atoms with Crippen molar-refractivity contribution in [2.75, 3.05) is 20.1 Å². The number of nitrogens with zero attached hydrogens (tertiary/aromatic N) is 2. The van der Waals surface area contributed by atoms with E-state index in [1.54, 1.807) is 11.3 Å². The van der Waals surface area contributed by atoms with Crippen LogP contribution < -0.4 is 0 Å². The van der Waals surface area contributed by atoms with E-state index in [9.17, 15) is 4.79 Å². The van der Waals surface area contributed by atoms with Gasteiger partial charge in [0.25, 0.3) is 0 Å². The molecule has 2 atom stereocenters. The number of likely N-dealkylation sites (N-methyl/N-ethyl adjacent to an activating group) is 1. The Morgan fingerprint density at radius 2 is 2.00 bits per heavy atom. The van der Waals surface area contributed by atoms with Crippen molar-refractivity contribution in [2.24, 2.45) is 0 Å². The fourth-order valence-corrected chi connectivity index (χ4v) is 4.64. The zero-order valence-electron chi connectivity index (χ0n) is 12.5. The minimum Gasteiger partial charge on any atom is -0.338 e. The predicted octanol–water partition coefficient (Wildman–Crippen LogP) is 2.68. The molecule has 110 valence electrons. The number of hydrogen-bond acceptors (Lipinski definition) is 3. The van der Waals surface area contributed by atoms with Gasteiger partial charge in [-0.3, -0.25) is 4.79 Å². The normalized spacial score (nSPS) is 27.4. The molecular formula is C16H24N2OS. The molecule has 0 spiro atoms. The van der Waals surface area contributed by atoms with Crippen LogP contribution in [0.15, 0.2) is 12.1 Å². The molecular weight excluding hydrogens is 268 g/mol. The van der Waals surface area contributed by atoms with Gasteiger partial charge in [-0.1, -0.05) is 0 Å². The van der Waals surface area contributed by atoms with Crippen LogP contribution in [0.25, 0.3) is 0 Å². The molecule has 0 bridgehead atoms. The van der Waals surface area contributed by atoms with Crippen LogP contribution in [0.3, 0.4) is 0 Å². The Hall–Kier alpha value is -0.870. The molecule has 0 aliphatic carbocycles. The summed E-state index contributed by atoms with van der Waals surface area (Å²) in [5.41, 5.74) is 0.